The van der Waals surface area contributed by atoms with Gasteiger partial charge >= 0.3 is 0 Å². The Balaban J connectivity index is 1.42. The molecule has 1 saturated carbocycles. The van der Waals surface area contributed by atoms with E-state index in [2.05, 4.69) is 6.58 Å². The van der Waals surface area contributed by atoms with Gasteiger partial charge in [0, 0.05) is 48.9 Å². The van der Waals surface area contributed by atoms with Crippen LogP contribution in [0.2, 0.25) is 0 Å². The second kappa shape index (κ2) is 6.27. The van der Waals surface area contributed by atoms with Gasteiger partial charge in [0.2, 0.25) is 11.8 Å². The monoisotopic (exact) mass is 353 g/mol. The van der Waals surface area contributed by atoms with Crippen molar-refractivity contribution in [1.82, 2.24) is 14.7 Å². The molecule has 2 fully saturated rings. The number of amides is 3. The van der Waals surface area contributed by atoms with Crippen LogP contribution < -0.4 is 0 Å². The Morgan fingerprint density at radius 1 is 1.04 bits per heavy atom. The van der Waals surface area contributed by atoms with E-state index in [1.807, 2.05) is 23.1 Å². The third kappa shape index (κ3) is 2.69. The van der Waals surface area contributed by atoms with Gasteiger partial charge in [0.25, 0.3) is 5.91 Å². The van der Waals surface area contributed by atoms with Gasteiger partial charge in [-0.2, -0.15) is 0 Å². The lowest BCUT2D eigenvalue weighted by molar-refractivity contribution is -0.142. The third-order valence-corrected chi connectivity index (χ3v) is 5.55. The maximum atomic E-state index is 12.9. The minimum Gasteiger partial charge on any atom is -0.339 e. The Hall–Kier alpha value is -2.63. The Morgan fingerprint density at radius 3 is 2.19 bits per heavy atom. The van der Waals surface area contributed by atoms with E-state index in [0.717, 1.165) is 18.4 Å². The summed E-state index contributed by atoms with van der Waals surface area (Å²) in [7, 11) is 0. The fourth-order valence-electron chi connectivity index (χ4n) is 3.82. The van der Waals surface area contributed by atoms with Crippen LogP contribution in [-0.4, -0.2) is 64.6 Å². The zero-order valence-electron chi connectivity index (χ0n) is 15.0. The fraction of sp³-hybridized carbons (Fsp3) is 0.450. The number of piperazine rings is 1. The Morgan fingerprint density at radius 2 is 1.62 bits per heavy atom. The summed E-state index contributed by atoms with van der Waals surface area (Å²) in [5.74, 6) is 0.170. The van der Waals surface area contributed by atoms with Crippen LogP contribution in [0, 0.1) is 5.92 Å². The molecule has 6 heteroatoms. The molecule has 6 nitrogen and oxygen atoms in total. The van der Waals surface area contributed by atoms with E-state index >= 15 is 0 Å². The molecule has 1 aromatic carbocycles. The highest BCUT2D eigenvalue weighted by molar-refractivity contribution is 6.10. The number of hydrogen-bond acceptors (Lipinski definition) is 3. The second-order valence-corrected chi connectivity index (χ2v) is 7.27. The highest BCUT2D eigenvalue weighted by atomic mass is 16.2. The van der Waals surface area contributed by atoms with E-state index in [4.69, 9.17) is 0 Å². The van der Waals surface area contributed by atoms with Crippen LogP contribution in [0.3, 0.4) is 0 Å². The summed E-state index contributed by atoms with van der Waals surface area (Å²) in [5, 5.41) is 0. The van der Waals surface area contributed by atoms with Gasteiger partial charge in [-0.3, -0.25) is 19.3 Å². The standard InChI is InChI=1S/C20H23N3O3/c1-13-16-5-3-4-6-17(16)20(26)23(13)14(2)18(24)21-9-11-22(12-10-21)19(25)15-7-8-15/h3-6,14-15H,1,7-12H2,2H3/t14-/m1/s1. The SMILES string of the molecule is C=C1c2ccccc2C(=O)N1[C@H](C)C(=O)N1CCN(C(=O)C2CC2)CC1. The van der Waals surface area contributed by atoms with Crippen LogP contribution >= 0.6 is 0 Å². The van der Waals surface area contributed by atoms with Gasteiger partial charge in [0.05, 0.1) is 0 Å². The summed E-state index contributed by atoms with van der Waals surface area (Å²) < 4.78 is 0. The van der Waals surface area contributed by atoms with Crippen LogP contribution in [-0.2, 0) is 9.59 Å². The van der Waals surface area contributed by atoms with Crippen LogP contribution in [0.4, 0.5) is 0 Å². The predicted molar refractivity (Wildman–Crippen MR) is 97.0 cm³/mol. The average molecular weight is 353 g/mol. The maximum Gasteiger partial charge on any atom is 0.259 e. The van der Waals surface area contributed by atoms with Crippen molar-refractivity contribution in [1.29, 1.82) is 0 Å². The average Bonchev–Trinajstić information content (AvgIpc) is 3.48. The van der Waals surface area contributed by atoms with Crippen LogP contribution in [0.1, 0.15) is 35.7 Å². The van der Waals surface area contributed by atoms with Gasteiger partial charge in [0.1, 0.15) is 6.04 Å². The van der Waals surface area contributed by atoms with E-state index in [1.165, 1.54) is 4.90 Å². The third-order valence-electron chi connectivity index (χ3n) is 5.55. The van der Waals surface area contributed by atoms with Crippen LogP contribution in [0.25, 0.3) is 5.70 Å². The van der Waals surface area contributed by atoms with Gasteiger partial charge in [-0.15, -0.1) is 0 Å². The molecule has 2 aliphatic heterocycles. The molecule has 3 amide bonds. The molecule has 1 aromatic rings. The molecule has 4 rings (SSSR count). The molecule has 0 radical (unpaired) electrons. The van der Waals surface area contributed by atoms with Gasteiger partial charge in [-0.25, -0.2) is 0 Å². The van der Waals surface area contributed by atoms with Crippen molar-refractivity contribution < 1.29 is 14.4 Å². The predicted octanol–water partition coefficient (Wildman–Crippen LogP) is 1.58. The Labute approximate surface area is 153 Å². The Kier molecular flexibility index (Phi) is 4.05. The summed E-state index contributed by atoms with van der Waals surface area (Å²) in [4.78, 5) is 42.9. The summed E-state index contributed by atoms with van der Waals surface area (Å²) in [5.41, 5.74) is 1.96. The molecule has 0 unspecified atom stereocenters. The number of carbonyl (C=O) groups is 3. The van der Waals surface area contributed by atoms with Gasteiger partial charge < -0.3 is 9.80 Å². The molecule has 136 valence electrons. The van der Waals surface area contributed by atoms with E-state index < -0.39 is 6.04 Å². The molecule has 1 atom stereocenters. The van der Waals surface area contributed by atoms with Crippen LogP contribution in [0.5, 0.6) is 0 Å². The first-order valence-corrected chi connectivity index (χ1v) is 9.18. The molecule has 1 aliphatic carbocycles. The lowest BCUT2D eigenvalue weighted by Gasteiger charge is -2.37. The van der Waals surface area contributed by atoms with Gasteiger partial charge in [-0.1, -0.05) is 24.8 Å². The van der Waals surface area contributed by atoms with Crippen molar-refractivity contribution in [2.24, 2.45) is 5.92 Å². The minimum atomic E-state index is -0.604. The fourth-order valence-corrected chi connectivity index (χ4v) is 3.82. The zero-order chi connectivity index (χ0) is 18.4. The number of fused-ring (bicyclic) bond motifs is 1. The van der Waals surface area contributed by atoms with Gasteiger partial charge in [0.15, 0.2) is 0 Å². The summed E-state index contributed by atoms with van der Waals surface area (Å²) in [6, 6.07) is 6.70. The molecule has 0 N–H and O–H groups in total. The Bertz CT molecular complexity index is 756. The maximum absolute atomic E-state index is 12.9. The molecule has 0 bridgehead atoms. The van der Waals surface area contributed by atoms with Crippen LogP contribution in [0.15, 0.2) is 30.8 Å². The summed E-state index contributed by atoms with van der Waals surface area (Å²) in [6.45, 7) is 7.95. The largest absolute Gasteiger partial charge is 0.339 e. The number of nitrogens with zero attached hydrogens (tertiary/aromatic N) is 3. The van der Waals surface area contributed by atoms with E-state index in [9.17, 15) is 14.4 Å². The second-order valence-electron chi connectivity index (χ2n) is 7.27. The first-order chi connectivity index (χ1) is 12.5. The zero-order valence-corrected chi connectivity index (χ0v) is 15.0. The molecule has 0 aromatic heterocycles. The van der Waals surface area contributed by atoms with Crippen molar-refractivity contribution in [2.45, 2.75) is 25.8 Å². The van der Waals surface area contributed by atoms with Crippen molar-refractivity contribution in [2.75, 3.05) is 26.2 Å². The summed E-state index contributed by atoms with van der Waals surface area (Å²) in [6.07, 6.45) is 1.99. The van der Waals surface area contributed by atoms with Gasteiger partial charge in [-0.05, 0) is 25.8 Å². The lowest BCUT2D eigenvalue weighted by Crippen LogP contribution is -2.55. The topological polar surface area (TPSA) is 60.9 Å². The molecule has 1 saturated heterocycles. The quantitative estimate of drug-likeness (QED) is 0.829. The lowest BCUT2D eigenvalue weighted by atomic mass is 10.1. The first-order valence-electron chi connectivity index (χ1n) is 9.18. The first kappa shape index (κ1) is 16.8. The number of benzene rings is 1. The summed E-state index contributed by atoms with van der Waals surface area (Å²) >= 11 is 0. The van der Waals surface area contributed by atoms with E-state index in [1.54, 1.807) is 17.9 Å². The smallest absolute Gasteiger partial charge is 0.259 e. The molecule has 2 heterocycles. The van der Waals surface area contributed by atoms with Crippen molar-refractivity contribution in [3.8, 4) is 0 Å². The van der Waals surface area contributed by atoms with E-state index in [-0.39, 0.29) is 23.6 Å². The molecule has 0 spiro atoms. The highest BCUT2D eigenvalue weighted by Crippen LogP contribution is 2.34. The number of carbonyl (C=O) groups excluding carboxylic acids is 3. The van der Waals surface area contributed by atoms with Crippen molar-refractivity contribution >= 4 is 23.4 Å². The normalized spacial score (nSPS) is 21.0. The van der Waals surface area contributed by atoms with E-state index in [0.29, 0.717) is 37.4 Å². The highest BCUT2D eigenvalue weighted by Gasteiger charge is 2.40. The molecular formula is C20H23N3O3. The minimum absolute atomic E-state index is 0.0918. The number of rotatable bonds is 3. The molecule has 3 aliphatic rings. The van der Waals surface area contributed by atoms with Crippen molar-refractivity contribution in [3.63, 3.8) is 0 Å². The molecule has 26 heavy (non-hydrogen) atoms. The molecular weight excluding hydrogens is 330 g/mol. The van der Waals surface area contributed by atoms with Crippen molar-refractivity contribution in [3.05, 3.63) is 42.0 Å². The number of hydrogen-bond donors (Lipinski definition) is 0.